The van der Waals surface area contributed by atoms with Crippen LogP contribution < -0.4 is 10.2 Å². The minimum absolute atomic E-state index is 0.0829. The van der Waals surface area contributed by atoms with E-state index in [9.17, 15) is 4.79 Å². The van der Waals surface area contributed by atoms with Gasteiger partial charge in [-0.05, 0) is 30.9 Å². The number of aromatic nitrogens is 7. The van der Waals surface area contributed by atoms with Crippen molar-refractivity contribution in [3.8, 4) is 0 Å². The predicted octanol–water partition coefficient (Wildman–Crippen LogP) is 1.13. The molecule has 2 N–H and O–H groups in total. The van der Waals surface area contributed by atoms with Crippen molar-refractivity contribution >= 4 is 33.9 Å². The van der Waals surface area contributed by atoms with Crippen LogP contribution in [0.2, 0.25) is 0 Å². The van der Waals surface area contributed by atoms with Gasteiger partial charge in [0.1, 0.15) is 29.4 Å². The molecule has 3 aromatic heterocycles. The number of amides is 1. The molecule has 0 spiro atoms. The zero-order valence-corrected chi connectivity index (χ0v) is 15.8. The summed E-state index contributed by atoms with van der Waals surface area (Å²) in [5.74, 6) is 1.14. The van der Waals surface area contributed by atoms with Crippen molar-refractivity contribution in [3.05, 3.63) is 36.9 Å². The Bertz CT molecular complexity index is 1120. The van der Waals surface area contributed by atoms with Crippen molar-refractivity contribution in [1.82, 2.24) is 40.2 Å². The van der Waals surface area contributed by atoms with E-state index in [1.54, 1.807) is 12.7 Å². The van der Waals surface area contributed by atoms with E-state index in [1.807, 2.05) is 24.3 Å². The molecule has 0 radical (unpaired) electrons. The largest absolute Gasteiger partial charge is 0.354 e. The van der Waals surface area contributed by atoms with Crippen LogP contribution in [0.25, 0.3) is 22.2 Å². The number of piperidine rings is 1. The third-order valence-corrected chi connectivity index (χ3v) is 5.22. The van der Waals surface area contributed by atoms with E-state index in [0.29, 0.717) is 18.1 Å². The summed E-state index contributed by atoms with van der Waals surface area (Å²) in [5, 5.41) is 11.7. The summed E-state index contributed by atoms with van der Waals surface area (Å²) in [6.45, 7) is 2.49. The SMILES string of the molecule is O=C(Cn1nc2ccccc2n1)NCC1CCCN(c2ncnc3nc[nH]c23)C1. The zero-order valence-electron chi connectivity index (χ0n) is 15.8. The number of benzene rings is 1. The second-order valence-electron chi connectivity index (χ2n) is 7.28. The Morgan fingerprint density at radius 1 is 1.17 bits per heavy atom. The van der Waals surface area contributed by atoms with Crippen LogP contribution in [0, 0.1) is 5.92 Å². The quantitative estimate of drug-likeness (QED) is 0.524. The average Bonchev–Trinajstić information content (AvgIpc) is 3.38. The molecule has 10 heteroatoms. The molecule has 0 saturated carbocycles. The fourth-order valence-corrected chi connectivity index (χ4v) is 3.83. The Balaban J connectivity index is 1.19. The van der Waals surface area contributed by atoms with Crippen LogP contribution in [0.4, 0.5) is 5.82 Å². The number of carbonyl (C=O) groups excluding carboxylic acids is 1. The highest BCUT2D eigenvalue weighted by Gasteiger charge is 2.23. The monoisotopic (exact) mass is 391 g/mol. The fourth-order valence-electron chi connectivity index (χ4n) is 3.83. The smallest absolute Gasteiger partial charge is 0.243 e. The molecule has 1 aliphatic rings. The second kappa shape index (κ2) is 7.46. The maximum atomic E-state index is 12.4. The van der Waals surface area contributed by atoms with Gasteiger partial charge in [-0.1, -0.05) is 12.1 Å². The van der Waals surface area contributed by atoms with Gasteiger partial charge >= 0.3 is 0 Å². The van der Waals surface area contributed by atoms with Gasteiger partial charge in [-0.25, -0.2) is 15.0 Å². The number of hydrogen-bond donors (Lipinski definition) is 2. The summed E-state index contributed by atoms with van der Waals surface area (Å²) in [5.41, 5.74) is 3.11. The van der Waals surface area contributed by atoms with E-state index in [4.69, 9.17) is 0 Å². The lowest BCUT2D eigenvalue weighted by Gasteiger charge is -2.33. The van der Waals surface area contributed by atoms with Crippen LogP contribution in [0.5, 0.6) is 0 Å². The number of nitrogens with one attached hydrogen (secondary N) is 2. The number of fused-ring (bicyclic) bond motifs is 2. The van der Waals surface area contributed by atoms with Gasteiger partial charge < -0.3 is 15.2 Å². The van der Waals surface area contributed by atoms with E-state index >= 15 is 0 Å². The topological polar surface area (TPSA) is 118 Å². The highest BCUT2D eigenvalue weighted by molar-refractivity contribution is 5.82. The number of imidazole rings is 1. The molecule has 1 unspecified atom stereocenters. The van der Waals surface area contributed by atoms with E-state index in [0.717, 1.165) is 48.3 Å². The molecule has 4 heterocycles. The molecule has 1 fully saturated rings. The molecule has 1 amide bonds. The van der Waals surface area contributed by atoms with Gasteiger partial charge in [0.05, 0.1) is 6.33 Å². The molecule has 148 valence electrons. The van der Waals surface area contributed by atoms with Gasteiger partial charge in [0.2, 0.25) is 5.91 Å². The van der Waals surface area contributed by atoms with Gasteiger partial charge in [-0.15, -0.1) is 0 Å². The van der Waals surface area contributed by atoms with E-state index in [2.05, 4.69) is 40.3 Å². The van der Waals surface area contributed by atoms with Gasteiger partial charge in [0, 0.05) is 19.6 Å². The first kappa shape index (κ1) is 17.5. The van der Waals surface area contributed by atoms with E-state index < -0.39 is 0 Å². The third kappa shape index (κ3) is 3.60. The van der Waals surface area contributed by atoms with Crippen LogP contribution in [0.15, 0.2) is 36.9 Å². The molecule has 4 aromatic rings. The Morgan fingerprint density at radius 3 is 2.83 bits per heavy atom. The number of hydrogen-bond acceptors (Lipinski definition) is 7. The lowest BCUT2D eigenvalue weighted by Crippen LogP contribution is -2.42. The first-order valence-corrected chi connectivity index (χ1v) is 9.72. The molecule has 1 atom stereocenters. The maximum absolute atomic E-state index is 12.4. The number of aromatic amines is 1. The molecule has 29 heavy (non-hydrogen) atoms. The Hall–Kier alpha value is -3.56. The normalized spacial score (nSPS) is 17.1. The first-order valence-electron chi connectivity index (χ1n) is 9.72. The molecule has 1 aromatic carbocycles. The molecule has 1 saturated heterocycles. The number of H-pyrrole nitrogens is 1. The van der Waals surface area contributed by atoms with Crippen molar-refractivity contribution in [1.29, 1.82) is 0 Å². The minimum atomic E-state index is -0.0829. The number of anilines is 1. The summed E-state index contributed by atoms with van der Waals surface area (Å²) < 4.78 is 0. The summed E-state index contributed by atoms with van der Waals surface area (Å²) in [6.07, 6.45) is 5.30. The molecule has 5 rings (SSSR count). The highest BCUT2D eigenvalue weighted by Crippen LogP contribution is 2.25. The fraction of sp³-hybridized carbons (Fsp3) is 0.368. The standard InChI is InChI=1S/C19H21N9O/c29-16(10-28-25-14-5-1-2-6-15(14)26-28)20-8-13-4-3-7-27(9-13)19-17-18(22-11-21-17)23-12-24-19/h1-2,5-6,11-13H,3-4,7-10H2,(H,20,29)(H,21,22,23,24). The molecule has 10 nitrogen and oxygen atoms in total. The summed E-state index contributed by atoms with van der Waals surface area (Å²) >= 11 is 0. The zero-order chi connectivity index (χ0) is 19.6. The summed E-state index contributed by atoms with van der Waals surface area (Å²) in [6, 6.07) is 7.59. The summed E-state index contributed by atoms with van der Waals surface area (Å²) in [4.78, 5) is 32.0. The number of nitrogens with zero attached hydrogens (tertiary/aromatic N) is 7. The number of carbonyl (C=O) groups is 1. The molecule has 1 aliphatic heterocycles. The van der Waals surface area contributed by atoms with Gasteiger partial charge in [0.15, 0.2) is 11.5 Å². The van der Waals surface area contributed by atoms with Crippen LogP contribution in [0.1, 0.15) is 12.8 Å². The van der Waals surface area contributed by atoms with E-state index in [1.165, 1.54) is 4.80 Å². The third-order valence-electron chi connectivity index (χ3n) is 5.22. The molecular weight excluding hydrogens is 370 g/mol. The molecular formula is C19H21N9O. The van der Waals surface area contributed by atoms with Crippen LogP contribution in [-0.4, -0.2) is 60.5 Å². The molecule has 0 bridgehead atoms. The van der Waals surface area contributed by atoms with Crippen molar-refractivity contribution in [2.45, 2.75) is 19.4 Å². The Kier molecular flexibility index (Phi) is 4.51. The van der Waals surface area contributed by atoms with Gasteiger partial charge in [-0.3, -0.25) is 4.79 Å². The van der Waals surface area contributed by atoms with Crippen LogP contribution in [0.3, 0.4) is 0 Å². The lowest BCUT2D eigenvalue weighted by atomic mass is 9.98. The minimum Gasteiger partial charge on any atom is -0.354 e. The average molecular weight is 391 g/mol. The second-order valence-corrected chi connectivity index (χ2v) is 7.28. The van der Waals surface area contributed by atoms with Crippen molar-refractivity contribution in [3.63, 3.8) is 0 Å². The highest BCUT2D eigenvalue weighted by atomic mass is 16.2. The lowest BCUT2D eigenvalue weighted by molar-refractivity contribution is -0.122. The van der Waals surface area contributed by atoms with Crippen LogP contribution >= 0.6 is 0 Å². The van der Waals surface area contributed by atoms with Crippen molar-refractivity contribution < 1.29 is 4.79 Å². The Morgan fingerprint density at radius 2 is 2.00 bits per heavy atom. The number of rotatable bonds is 5. The Labute approximate surface area is 166 Å². The van der Waals surface area contributed by atoms with Gasteiger partial charge in [0.25, 0.3) is 0 Å². The van der Waals surface area contributed by atoms with Gasteiger partial charge in [-0.2, -0.15) is 15.0 Å². The van der Waals surface area contributed by atoms with Crippen molar-refractivity contribution in [2.75, 3.05) is 24.5 Å². The van der Waals surface area contributed by atoms with Crippen molar-refractivity contribution in [2.24, 2.45) is 5.92 Å². The predicted molar refractivity (Wildman–Crippen MR) is 107 cm³/mol. The van der Waals surface area contributed by atoms with E-state index in [-0.39, 0.29) is 12.5 Å². The maximum Gasteiger partial charge on any atom is 0.243 e. The van der Waals surface area contributed by atoms with Crippen LogP contribution in [-0.2, 0) is 11.3 Å². The summed E-state index contributed by atoms with van der Waals surface area (Å²) in [7, 11) is 0. The molecule has 0 aliphatic carbocycles. The first-order chi connectivity index (χ1) is 14.3.